The molecule has 2 atom stereocenters. The Morgan fingerprint density at radius 2 is 1.87 bits per heavy atom. The molecule has 2 heterocycles. The van der Waals surface area contributed by atoms with Gasteiger partial charge in [-0.05, 0) is 65.9 Å². The smallest absolute Gasteiger partial charge is 0.420 e. The molecule has 0 saturated heterocycles. The van der Waals surface area contributed by atoms with E-state index in [1.165, 1.54) is 18.5 Å². The van der Waals surface area contributed by atoms with Gasteiger partial charge in [0.1, 0.15) is 23.2 Å². The van der Waals surface area contributed by atoms with Gasteiger partial charge in [-0.3, -0.25) is 0 Å². The van der Waals surface area contributed by atoms with Crippen LogP contribution in [0.25, 0.3) is 45.1 Å². The molecule has 5 aromatic rings. The first-order chi connectivity index (χ1) is 18.7. The molecule has 6 rings (SSSR count). The third-order valence-electron chi connectivity index (χ3n) is 7.02. The third kappa shape index (κ3) is 4.79. The maximum Gasteiger partial charge on any atom is 0.420 e. The Kier molecular flexibility index (Phi) is 6.19. The van der Waals surface area contributed by atoms with E-state index in [4.69, 9.17) is 4.42 Å². The highest BCUT2D eigenvalue weighted by Crippen LogP contribution is 2.39. The average Bonchev–Trinajstić information content (AvgIpc) is 3.53. The van der Waals surface area contributed by atoms with Crippen LogP contribution >= 0.6 is 0 Å². The van der Waals surface area contributed by atoms with Crippen LogP contribution in [-0.2, 0) is 19.8 Å². The molecule has 2 aromatic heterocycles. The number of aliphatic hydroxyl groups excluding tert-OH is 1. The van der Waals surface area contributed by atoms with Crippen molar-refractivity contribution in [1.82, 2.24) is 25.1 Å². The van der Waals surface area contributed by atoms with E-state index in [0.29, 0.717) is 40.1 Å². The average molecular weight is 538 g/mol. The SMILES string of the molecule is Cn1cnnc1-c1cc(F)ccc1-c1cccc(-c2nc3cc(CN[C@@H]4CC[C@H]4O)cc(C(F)(F)F)c3o2)c1. The molecule has 0 radical (unpaired) electrons. The topological polar surface area (TPSA) is 89.0 Å². The van der Waals surface area contributed by atoms with Crippen molar-refractivity contribution in [3.63, 3.8) is 0 Å². The van der Waals surface area contributed by atoms with Crippen LogP contribution in [0.1, 0.15) is 24.0 Å². The van der Waals surface area contributed by atoms with E-state index in [-0.39, 0.29) is 29.6 Å². The first-order valence-corrected chi connectivity index (χ1v) is 12.3. The van der Waals surface area contributed by atoms with E-state index >= 15 is 0 Å². The summed E-state index contributed by atoms with van der Waals surface area (Å²) in [6.45, 7) is 0.161. The number of halogens is 4. The molecule has 0 aliphatic heterocycles. The molecule has 0 unspecified atom stereocenters. The second-order valence-electron chi connectivity index (χ2n) is 9.68. The molecule has 11 heteroatoms. The summed E-state index contributed by atoms with van der Waals surface area (Å²) in [5, 5.41) is 20.9. The molecule has 39 heavy (non-hydrogen) atoms. The van der Waals surface area contributed by atoms with Crippen LogP contribution in [-0.4, -0.2) is 37.0 Å². The molecule has 1 aliphatic carbocycles. The molecular weight excluding hydrogens is 514 g/mol. The van der Waals surface area contributed by atoms with Crippen molar-refractivity contribution < 1.29 is 27.1 Å². The lowest BCUT2D eigenvalue weighted by atomic mass is 9.89. The van der Waals surface area contributed by atoms with Crippen LogP contribution < -0.4 is 5.32 Å². The Morgan fingerprint density at radius 3 is 2.56 bits per heavy atom. The molecule has 7 nitrogen and oxygen atoms in total. The van der Waals surface area contributed by atoms with E-state index in [1.807, 2.05) is 0 Å². The van der Waals surface area contributed by atoms with E-state index < -0.39 is 23.7 Å². The number of nitrogens with one attached hydrogen (secondary N) is 1. The van der Waals surface area contributed by atoms with Crippen LogP contribution in [0.3, 0.4) is 0 Å². The maximum absolute atomic E-state index is 14.2. The number of nitrogens with zero attached hydrogens (tertiary/aromatic N) is 4. The number of aryl methyl sites for hydroxylation is 1. The number of alkyl halides is 3. The van der Waals surface area contributed by atoms with Crippen molar-refractivity contribution in [1.29, 1.82) is 0 Å². The van der Waals surface area contributed by atoms with E-state index in [2.05, 4.69) is 20.5 Å². The zero-order valence-electron chi connectivity index (χ0n) is 20.7. The number of hydrogen-bond acceptors (Lipinski definition) is 6. The largest absolute Gasteiger partial charge is 0.435 e. The van der Waals surface area contributed by atoms with Gasteiger partial charge in [0.05, 0.1) is 6.10 Å². The van der Waals surface area contributed by atoms with Crippen LogP contribution in [0.5, 0.6) is 0 Å². The first-order valence-electron chi connectivity index (χ1n) is 12.3. The number of fused-ring (bicyclic) bond motifs is 1. The zero-order chi connectivity index (χ0) is 27.3. The minimum Gasteiger partial charge on any atom is -0.435 e. The van der Waals surface area contributed by atoms with Gasteiger partial charge < -0.3 is 19.4 Å². The van der Waals surface area contributed by atoms with Crippen molar-refractivity contribution >= 4 is 11.1 Å². The lowest BCUT2D eigenvalue weighted by molar-refractivity contribution is -0.136. The van der Waals surface area contributed by atoms with Crippen LogP contribution in [0, 0.1) is 5.82 Å². The van der Waals surface area contributed by atoms with Gasteiger partial charge >= 0.3 is 6.18 Å². The predicted molar refractivity (Wildman–Crippen MR) is 136 cm³/mol. The lowest BCUT2D eigenvalue weighted by Gasteiger charge is -2.33. The number of hydrogen-bond donors (Lipinski definition) is 2. The van der Waals surface area contributed by atoms with E-state index in [0.717, 1.165) is 12.5 Å². The van der Waals surface area contributed by atoms with Gasteiger partial charge in [-0.1, -0.05) is 18.2 Å². The second-order valence-corrected chi connectivity index (χ2v) is 9.68. The summed E-state index contributed by atoms with van der Waals surface area (Å²) >= 11 is 0. The van der Waals surface area contributed by atoms with Crippen molar-refractivity contribution in [3.8, 4) is 34.0 Å². The van der Waals surface area contributed by atoms with Crippen LogP contribution in [0.4, 0.5) is 17.6 Å². The fraction of sp³-hybridized carbons (Fsp3) is 0.250. The van der Waals surface area contributed by atoms with Gasteiger partial charge in [-0.25, -0.2) is 9.37 Å². The van der Waals surface area contributed by atoms with Gasteiger partial charge in [-0.2, -0.15) is 13.2 Å². The van der Waals surface area contributed by atoms with Crippen molar-refractivity contribution in [3.05, 3.63) is 77.9 Å². The third-order valence-corrected chi connectivity index (χ3v) is 7.02. The fourth-order valence-electron chi connectivity index (χ4n) is 4.80. The molecule has 1 fully saturated rings. The van der Waals surface area contributed by atoms with Crippen LogP contribution in [0.2, 0.25) is 0 Å². The van der Waals surface area contributed by atoms with Gasteiger partial charge in [-0.15, -0.1) is 10.2 Å². The molecule has 200 valence electrons. The second kappa shape index (κ2) is 9.58. The summed E-state index contributed by atoms with van der Waals surface area (Å²) in [7, 11) is 1.75. The molecule has 0 amide bonds. The lowest BCUT2D eigenvalue weighted by Crippen LogP contribution is -2.47. The van der Waals surface area contributed by atoms with Crippen molar-refractivity contribution in [2.45, 2.75) is 37.7 Å². The van der Waals surface area contributed by atoms with Gasteiger partial charge in [0.15, 0.2) is 11.4 Å². The van der Waals surface area contributed by atoms with Crippen molar-refractivity contribution in [2.75, 3.05) is 0 Å². The Bertz CT molecular complexity index is 1680. The Morgan fingerprint density at radius 1 is 1.05 bits per heavy atom. The van der Waals surface area contributed by atoms with E-state index in [9.17, 15) is 22.7 Å². The fourth-order valence-corrected chi connectivity index (χ4v) is 4.80. The van der Waals surface area contributed by atoms with Gasteiger partial charge in [0.2, 0.25) is 5.89 Å². The van der Waals surface area contributed by atoms with Gasteiger partial charge in [0, 0.05) is 30.8 Å². The molecule has 1 aliphatic rings. The van der Waals surface area contributed by atoms with Gasteiger partial charge in [0.25, 0.3) is 0 Å². The standard InChI is InChI=1S/C28H23F4N5O2/c1-37-14-34-36-26(37)20-12-18(29)5-6-19(20)16-3-2-4-17(11-16)27-35-23-10-15(13-33-22-7-8-24(22)38)9-21(25(23)39-27)28(30,31)32/h2-6,9-12,14,22,24,33,38H,7-8,13H2,1H3/t22-,24-/m1/s1. The quantitative estimate of drug-likeness (QED) is 0.269. The summed E-state index contributed by atoms with van der Waals surface area (Å²) in [6.07, 6.45) is -2.19. The summed E-state index contributed by atoms with van der Waals surface area (Å²) in [5.74, 6) is 0.0463. The molecule has 1 saturated carbocycles. The maximum atomic E-state index is 14.2. The Labute approximate surface area is 220 Å². The zero-order valence-corrected chi connectivity index (χ0v) is 20.7. The number of aliphatic hydroxyl groups is 1. The summed E-state index contributed by atoms with van der Waals surface area (Å²) in [6, 6.07) is 13.7. The highest BCUT2D eigenvalue weighted by Gasteiger charge is 2.36. The number of oxazole rings is 1. The summed E-state index contributed by atoms with van der Waals surface area (Å²) in [5.41, 5.74) is 1.52. The molecule has 0 spiro atoms. The normalized spacial score (nSPS) is 17.5. The minimum atomic E-state index is -4.65. The molecular formula is C28H23F4N5O2. The van der Waals surface area contributed by atoms with Crippen molar-refractivity contribution in [2.24, 2.45) is 7.05 Å². The molecule has 3 aromatic carbocycles. The molecule has 0 bridgehead atoms. The highest BCUT2D eigenvalue weighted by atomic mass is 19.4. The summed E-state index contributed by atoms with van der Waals surface area (Å²) < 4.78 is 63.5. The first kappa shape index (κ1) is 25.2. The van der Waals surface area contributed by atoms with E-state index in [1.54, 1.807) is 48.0 Å². The number of benzene rings is 3. The molecule has 2 N–H and O–H groups in total. The number of rotatable bonds is 6. The monoisotopic (exact) mass is 537 g/mol. The summed E-state index contributed by atoms with van der Waals surface area (Å²) in [4.78, 5) is 4.40. The Balaban J connectivity index is 1.40. The predicted octanol–water partition coefficient (Wildman–Crippen LogP) is 5.73. The van der Waals surface area contributed by atoms with Crippen LogP contribution in [0.15, 0.2) is 65.3 Å². The number of aromatic nitrogens is 4. The minimum absolute atomic E-state index is 0.0270. The highest BCUT2D eigenvalue weighted by molar-refractivity contribution is 5.84. The Hall–Kier alpha value is -4.09.